The number of rotatable bonds is 3. The zero-order valence-corrected chi connectivity index (χ0v) is 16.0. The Morgan fingerprint density at radius 2 is 1.21 bits per heavy atom. The molecule has 0 aliphatic carbocycles. The first-order valence-corrected chi connectivity index (χ1v) is 10.0. The summed E-state index contributed by atoms with van der Waals surface area (Å²) < 4.78 is 11.5. The highest BCUT2D eigenvalue weighted by molar-refractivity contribution is 8.29. The van der Waals surface area contributed by atoms with E-state index in [1.54, 1.807) is 23.5 Å². The Balaban J connectivity index is 1.76. The number of methoxy groups -OCH3 is 2. The quantitative estimate of drug-likeness (QED) is 0.687. The number of benzene rings is 1. The van der Waals surface area contributed by atoms with Crippen molar-refractivity contribution >= 4 is 59.0 Å². The molecule has 24 heavy (non-hydrogen) atoms. The minimum absolute atomic E-state index is 0.272. The van der Waals surface area contributed by atoms with E-state index in [1.807, 2.05) is 24.3 Å². The molecule has 0 radical (unpaired) electrons. The SMILES string of the molecule is COC(=O)C1=C(C(=O)OC)SC(=CC=C2Sc3ccccc3S2)S1. The van der Waals surface area contributed by atoms with E-state index in [1.165, 1.54) is 47.5 Å². The fraction of sp³-hybridized carbons (Fsp3) is 0.125. The zero-order valence-electron chi connectivity index (χ0n) is 12.7. The molecule has 0 N–H and O–H groups in total. The number of carbonyl (C=O) groups excluding carboxylic acids is 2. The lowest BCUT2D eigenvalue weighted by molar-refractivity contribution is -0.138. The summed E-state index contributed by atoms with van der Waals surface area (Å²) in [5.74, 6) is -1.05. The summed E-state index contributed by atoms with van der Waals surface area (Å²) in [5.41, 5.74) is 0. The minimum atomic E-state index is -0.527. The van der Waals surface area contributed by atoms with Crippen molar-refractivity contribution in [2.45, 2.75) is 9.79 Å². The summed E-state index contributed by atoms with van der Waals surface area (Å²) >= 11 is 5.87. The molecule has 8 heteroatoms. The van der Waals surface area contributed by atoms with Crippen LogP contribution in [0.4, 0.5) is 0 Å². The molecule has 2 aliphatic rings. The van der Waals surface area contributed by atoms with E-state index in [2.05, 4.69) is 12.1 Å². The van der Waals surface area contributed by atoms with Crippen molar-refractivity contribution in [2.24, 2.45) is 0 Å². The van der Waals surface area contributed by atoms with Crippen LogP contribution in [0.3, 0.4) is 0 Å². The monoisotopic (exact) mass is 396 g/mol. The average Bonchev–Trinajstić information content (AvgIpc) is 3.22. The van der Waals surface area contributed by atoms with Crippen LogP contribution in [0.5, 0.6) is 0 Å². The Hall–Kier alpha value is -1.22. The smallest absolute Gasteiger partial charge is 0.346 e. The third-order valence-corrected chi connectivity index (χ3v) is 7.89. The molecule has 0 atom stereocenters. The topological polar surface area (TPSA) is 52.6 Å². The molecule has 3 rings (SSSR count). The standard InChI is InChI=1S/C16H12O4S4/c1-19-15(17)13-14(16(18)20-2)24-12(23-13)8-7-11-21-9-5-3-4-6-10(9)22-11/h3-8H,1-2H3. The van der Waals surface area contributed by atoms with Gasteiger partial charge in [-0.15, -0.1) is 0 Å². The lowest BCUT2D eigenvalue weighted by atomic mass is 10.4. The maximum Gasteiger partial charge on any atom is 0.346 e. The van der Waals surface area contributed by atoms with Crippen LogP contribution in [0.15, 0.2) is 64.5 Å². The van der Waals surface area contributed by atoms with Crippen molar-refractivity contribution in [1.29, 1.82) is 0 Å². The van der Waals surface area contributed by atoms with Crippen LogP contribution in [-0.2, 0) is 19.1 Å². The fourth-order valence-electron chi connectivity index (χ4n) is 1.90. The molecule has 0 aromatic heterocycles. The predicted molar refractivity (Wildman–Crippen MR) is 101 cm³/mol. The second kappa shape index (κ2) is 7.77. The Morgan fingerprint density at radius 3 is 1.62 bits per heavy atom. The Bertz CT molecular complexity index is 738. The van der Waals surface area contributed by atoms with Gasteiger partial charge in [-0.2, -0.15) is 0 Å². The summed E-state index contributed by atoms with van der Waals surface area (Å²) in [7, 11) is 2.59. The van der Waals surface area contributed by atoms with E-state index < -0.39 is 11.9 Å². The van der Waals surface area contributed by atoms with Crippen LogP contribution in [0.1, 0.15) is 0 Å². The average molecular weight is 397 g/mol. The third-order valence-electron chi connectivity index (χ3n) is 2.98. The van der Waals surface area contributed by atoms with Gasteiger partial charge in [-0.05, 0) is 24.3 Å². The van der Waals surface area contributed by atoms with E-state index in [9.17, 15) is 9.59 Å². The molecule has 0 spiro atoms. The van der Waals surface area contributed by atoms with Crippen LogP contribution in [-0.4, -0.2) is 26.2 Å². The molecule has 2 aliphatic heterocycles. The normalized spacial score (nSPS) is 16.1. The minimum Gasteiger partial charge on any atom is -0.465 e. The lowest BCUT2D eigenvalue weighted by Gasteiger charge is -2.00. The van der Waals surface area contributed by atoms with Gasteiger partial charge in [-0.25, -0.2) is 9.59 Å². The number of hydrogen-bond donors (Lipinski definition) is 0. The van der Waals surface area contributed by atoms with Gasteiger partial charge in [-0.1, -0.05) is 59.2 Å². The lowest BCUT2D eigenvalue weighted by Crippen LogP contribution is -2.08. The second-order valence-electron chi connectivity index (χ2n) is 4.47. The summed E-state index contributed by atoms with van der Waals surface area (Å²) in [6.45, 7) is 0. The zero-order chi connectivity index (χ0) is 17.1. The number of hydrogen-bond acceptors (Lipinski definition) is 8. The van der Waals surface area contributed by atoms with Gasteiger partial charge >= 0.3 is 11.9 Å². The van der Waals surface area contributed by atoms with Gasteiger partial charge in [0.25, 0.3) is 0 Å². The van der Waals surface area contributed by atoms with Gasteiger partial charge in [0.05, 0.1) is 18.5 Å². The number of thioether (sulfide) groups is 4. The van der Waals surface area contributed by atoms with Gasteiger partial charge in [0.2, 0.25) is 0 Å². The van der Waals surface area contributed by atoms with Crippen molar-refractivity contribution in [1.82, 2.24) is 0 Å². The summed E-state index contributed by atoms with van der Waals surface area (Å²) in [6.07, 6.45) is 3.91. The van der Waals surface area contributed by atoms with Crippen molar-refractivity contribution in [3.63, 3.8) is 0 Å². The highest BCUT2D eigenvalue weighted by Crippen LogP contribution is 2.52. The highest BCUT2D eigenvalue weighted by Gasteiger charge is 2.32. The molecule has 0 fully saturated rings. The van der Waals surface area contributed by atoms with Crippen LogP contribution in [0.25, 0.3) is 0 Å². The van der Waals surface area contributed by atoms with Crippen LogP contribution < -0.4 is 0 Å². The predicted octanol–water partition coefficient (Wildman–Crippen LogP) is 4.60. The van der Waals surface area contributed by atoms with E-state index in [-0.39, 0.29) is 9.81 Å². The maximum atomic E-state index is 11.8. The van der Waals surface area contributed by atoms with E-state index in [4.69, 9.17) is 9.47 Å². The largest absolute Gasteiger partial charge is 0.465 e. The molecule has 0 unspecified atom stereocenters. The third kappa shape index (κ3) is 3.72. The first kappa shape index (κ1) is 17.6. The van der Waals surface area contributed by atoms with E-state index >= 15 is 0 Å². The molecule has 0 saturated heterocycles. The van der Waals surface area contributed by atoms with Crippen molar-refractivity contribution in [3.8, 4) is 0 Å². The molecule has 4 nitrogen and oxygen atoms in total. The van der Waals surface area contributed by atoms with Gasteiger partial charge < -0.3 is 9.47 Å². The Kier molecular flexibility index (Phi) is 5.70. The molecule has 1 aromatic rings. The number of carbonyl (C=O) groups is 2. The number of esters is 2. The number of ether oxygens (including phenoxy) is 2. The van der Waals surface area contributed by atoms with Gasteiger partial charge in [0.1, 0.15) is 9.81 Å². The van der Waals surface area contributed by atoms with E-state index in [0.717, 1.165) is 8.47 Å². The first-order valence-electron chi connectivity index (χ1n) is 6.75. The second-order valence-corrected chi connectivity index (χ2v) is 9.26. The van der Waals surface area contributed by atoms with E-state index in [0.29, 0.717) is 0 Å². The summed E-state index contributed by atoms with van der Waals surface area (Å²) in [5, 5.41) is 0. The molecular formula is C16H12O4S4. The molecule has 2 heterocycles. The van der Waals surface area contributed by atoms with Gasteiger partial charge in [0, 0.05) is 14.0 Å². The van der Waals surface area contributed by atoms with Crippen molar-refractivity contribution in [2.75, 3.05) is 14.2 Å². The fourth-order valence-corrected chi connectivity index (χ4v) is 6.47. The molecule has 0 amide bonds. The summed E-state index contributed by atoms with van der Waals surface area (Å²) in [4.78, 5) is 26.7. The molecular weight excluding hydrogens is 384 g/mol. The maximum absolute atomic E-state index is 11.8. The van der Waals surface area contributed by atoms with Crippen LogP contribution in [0.2, 0.25) is 0 Å². The van der Waals surface area contributed by atoms with Crippen LogP contribution >= 0.6 is 47.0 Å². The van der Waals surface area contributed by atoms with Crippen molar-refractivity contribution in [3.05, 3.63) is 54.7 Å². The van der Waals surface area contributed by atoms with Gasteiger partial charge in [-0.3, -0.25) is 0 Å². The Morgan fingerprint density at radius 1 is 0.792 bits per heavy atom. The van der Waals surface area contributed by atoms with Gasteiger partial charge in [0.15, 0.2) is 0 Å². The molecule has 0 bridgehead atoms. The number of fused-ring (bicyclic) bond motifs is 1. The number of allylic oxidation sites excluding steroid dienone is 2. The molecule has 0 saturated carbocycles. The molecule has 124 valence electrons. The summed E-state index contributed by atoms with van der Waals surface area (Å²) in [6, 6.07) is 8.22. The highest BCUT2D eigenvalue weighted by atomic mass is 32.2. The molecule has 1 aromatic carbocycles. The van der Waals surface area contributed by atoms with Crippen LogP contribution in [0, 0.1) is 0 Å². The first-order chi connectivity index (χ1) is 11.6. The van der Waals surface area contributed by atoms with Crippen molar-refractivity contribution < 1.29 is 19.1 Å². The Labute approximate surface area is 156 Å².